The van der Waals surface area contributed by atoms with E-state index < -0.39 is 166 Å². The van der Waals surface area contributed by atoms with Crippen LogP contribution in [0.3, 0.4) is 0 Å². The van der Waals surface area contributed by atoms with E-state index in [1.165, 1.54) is 9.13 Å². The molecule has 0 aliphatic rings. The predicted octanol–water partition coefficient (Wildman–Crippen LogP) is 14.3. The number of fused-ring (bicyclic) bond motifs is 9. The number of hydrogen-bond donors (Lipinski definition) is 0. The van der Waals surface area contributed by atoms with Crippen molar-refractivity contribution in [3.05, 3.63) is 212 Å². The van der Waals surface area contributed by atoms with Crippen LogP contribution in [0, 0.1) is 0 Å². The smallest absolute Gasteiger partial charge is 0.0652 e. The minimum Gasteiger partial charge on any atom is -0.309 e. The lowest BCUT2D eigenvalue weighted by Crippen LogP contribution is -1.95. The maximum absolute atomic E-state index is 10.2. The third-order valence-electron chi connectivity index (χ3n) is 10.2. The van der Waals surface area contributed by atoms with Gasteiger partial charge in [-0.25, -0.2) is 0 Å². The summed E-state index contributed by atoms with van der Waals surface area (Å²) < 4.78 is 200. The number of rotatable bonds is 5. The van der Waals surface area contributed by atoms with Crippen molar-refractivity contribution in [2.75, 3.05) is 0 Å². The molecule has 0 atom stereocenters. The number of nitrogens with zero attached hydrogens (tertiary/aromatic N) is 3. The molecule has 0 saturated heterocycles. The van der Waals surface area contributed by atoms with Crippen molar-refractivity contribution >= 4 is 65.4 Å². The Labute approximate surface area is 359 Å². The molecule has 3 aromatic heterocycles. The lowest BCUT2D eigenvalue weighted by molar-refractivity contribution is 1.17. The van der Waals surface area contributed by atoms with Crippen molar-refractivity contribution in [2.24, 2.45) is 0 Å². The fourth-order valence-corrected chi connectivity index (χ4v) is 7.79. The van der Waals surface area contributed by atoms with Crippen molar-refractivity contribution in [1.29, 1.82) is 0 Å². The summed E-state index contributed by atoms with van der Waals surface area (Å²) in [5.74, 6) is 0. The van der Waals surface area contributed by atoms with E-state index in [4.69, 9.17) is 11.0 Å². The van der Waals surface area contributed by atoms with Crippen LogP contribution in [0.4, 0.5) is 0 Å². The molecule has 0 N–H and O–H groups in total. The Morgan fingerprint density at radius 3 is 1.58 bits per heavy atom. The van der Waals surface area contributed by atoms with Crippen LogP contribution in [0.5, 0.6) is 0 Å². The van der Waals surface area contributed by atoms with Gasteiger partial charge in [-0.3, -0.25) is 0 Å². The van der Waals surface area contributed by atoms with E-state index >= 15 is 0 Å². The second kappa shape index (κ2) is 12.5. The van der Waals surface area contributed by atoms with Gasteiger partial charge in [-0.1, -0.05) is 133 Å². The molecule has 0 aliphatic carbocycles. The summed E-state index contributed by atoms with van der Waals surface area (Å²) >= 11 is 0. The van der Waals surface area contributed by atoms with E-state index in [0.29, 0.717) is 11.3 Å². The summed E-state index contributed by atoms with van der Waals surface area (Å²) in [4.78, 5) is 0. The van der Waals surface area contributed by atoms with Crippen LogP contribution in [0.25, 0.3) is 105 Å². The molecule has 9 aromatic carbocycles. The molecular formula is C54H35N3. The van der Waals surface area contributed by atoms with Gasteiger partial charge >= 0.3 is 0 Å². The molecule has 0 fully saturated rings. The van der Waals surface area contributed by atoms with Crippen LogP contribution in [0.15, 0.2) is 212 Å². The second-order valence-electron chi connectivity index (χ2n) is 13.3. The van der Waals surface area contributed by atoms with Crippen LogP contribution in [-0.4, -0.2) is 13.7 Å². The van der Waals surface area contributed by atoms with Gasteiger partial charge in [0.05, 0.1) is 61.9 Å². The standard InChI is InChI=1S/C54H35N3/c1-3-15-36(16-4-1)37-17-13-20-40(33-37)57-50-27-12-9-23-45(50)54-42(24-14-28-53(54)57)38-29-31-51-46(34-38)43-21-7-11-26-49(43)56(51)41-30-32-52-47(35-41)44-22-8-10-25-48(44)55(52)39-18-5-2-6-19-39/h1-35H/i7D,8D,9D,10D,11D,12D,14D,21D,22D,23D,24D,25D,26D,27D,28D,29D,30D,31D,32D,34D,35D. The van der Waals surface area contributed by atoms with Crippen LogP contribution in [0.2, 0.25) is 0 Å². The molecule has 12 aromatic rings. The molecule has 0 unspecified atom stereocenters. The summed E-state index contributed by atoms with van der Waals surface area (Å²) in [6.07, 6.45) is 0. The van der Waals surface area contributed by atoms with E-state index in [-0.39, 0.29) is 49.3 Å². The van der Waals surface area contributed by atoms with Crippen molar-refractivity contribution < 1.29 is 28.8 Å². The third-order valence-corrected chi connectivity index (χ3v) is 10.2. The van der Waals surface area contributed by atoms with E-state index in [0.717, 1.165) is 10.1 Å². The number of hydrogen-bond acceptors (Lipinski definition) is 0. The zero-order chi connectivity index (χ0) is 55.7. The molecule has 3 heterocycles. The Hall–Kier alpha value is -7.62. The van der Waals surface area contributed by atoms with Gasteiger partial charge in [0.1, 0.15) is 0 Å². The van der Waals surface area contributed by atoms with Crippen LogP contribution in [-0.2, 0) is 0 Å². The Kier molecular flexibility index (Phi) is 3.81. The molecule has 0 amide bonds. The summed E-state index contributed by atoms with van der Waals surface area (Å²) in [6.45, 7) is 0. The summed E-state index contributed by atoms with van der Waals surface area (Å²) in [7, 11) is 0. The first-order chi connectivity index (χ1) is 37.1. The Balaban J connectivity index is 1.28. The fraction of sp³-hybridized carbons (Fsp3) is 0. The number of para-hydroxylation sites is 4. The van der Waals surface area contributed by atoms with E-state index in [1.54, 1.807) is 48.5 Å². The van der Waals surface area contributed by atoms with Crippen LogP contribution in [0.1, 0.15) is 28.8 Å². The SMILES string of the molecule is [2H]c1c([2H])c([2H])c2c(c1[2H])c1c([2H])c(-n3c4c([2H])c([2H])c([2H])c([2H])c4c4c([2H])c(-c5c([2H])c([2H])c([2H])c6c5c5c([2H])c([2H])c([2H])c([2H])c5n6-c5cccc(-c6ccccc6)c5)c([2H])c([2H])c43)c([2H])c([2H])c1n2-c1ccccc1. The van der Waals surface area contributed by atoms with Crippen LogP contribution >= 0.6 is 0 Å². The summed E-state index contributed by atoms with van der Waals surface area (Å²) in [6, 6.07) is 9.34. The number of benzene rings is 9. The average molecular weight is 747 g/mol. The van der Waals surface area contributed by atoms with Crippen molar-refractivity contribution in [3.63, 3.8) is 0 Å². The predicted molar refractivity (Wildman–Crippen MR) is 240 cm³/mol. The number of aromatic nitrogens is 3. The molecule has 0 radical (unpaired) electrons. The van der Waals surface area contributed by atoms with E-state index in [2.05, 4.69) is 0 Å². The normalized spacial score (nSPS) is 17.0. The third kappa shape index (κ3) is 4.79. The van der Waals surface area contributed by atoms with Gasteiger partial charge in [0.2, 0.25) is 0 Å². The molecular weight excluding hydrogens is 691 g/mol. The summed E-state index contributed by atoms with van der Waals surface area (Å²) in [5, 5.41) is -1.93. The van der Waals surface area contributed by atoms with Crippen molar-refractivity contribution in [3.8, 4) is 39.3 Å². The van der Waals surface area contributed by atoms with Crippen LogP contribution < -0.4 is 0 Å². The lowest BCUT2D eigenvalue weighted by atomic mass is 9.98. The molecule has 0 spiro atoms. The Bertz CT molecular complexity index is 4740. The Morgan fingerprint density at radius 1 is 0.316 bits per heavy atom. The first-order valence-electron chi connectivity index (χ1n) is 28.4. The molecule has 57 heavy (non-hydrogen) atoms. The highest BCUT2D eigenvalue weighted by molar-refractivity contribution is 6.18. The molecule has 266 valence electrons. The molecule has 3 nitrogen and oxygen atoms in total. The first kappa shape index (κ1) is 17.5. The second-order valence-corrected chi connectivity index (χ2v) is 13.3. The van der Waals surface area contributed by atoms with Gasteiger partial charge in [-0.05, 0) is 101 Å². The topological polar surface area (TPSA) is 14.8 Å². The highest BCUT2D eigenvalue weighted by Gasteiger charge is 2.20. The minimum atomic E-state index is -0.869. The summed E-state index contributed by atoms with van der Waals surface area (Å²) in [5.41, 5.74) is -1.41. The lowest BCUT2D eigenvalue weighted by Gasteiger charge is -2.11. The molecule has 0 aliphatic heterocycles. The van der Waals surface area contributed by atoms with Gasteiger partial charge in [0.25, 0.3) is 0 Å². The molecule has 12 rings (SSSR count). The minimum absolute atomic E-state index is 0.141. The largest absolute Gasteiger partial charge is 0.309 e. The highest BCUT2D eigenvalue weighted by atomic mass is 15.0. The van der Waals surface area contributed by atoms with Crippen molar-refractivity contribution in [1.82, 2.24) is 13.7 Å². The van der Waals surface area contributed by atoms with Gasteiger partial charge in [0, 0.05) is 49.4 Å². The molecule has 0 saturated carbocycles. The molecule has 3 heteroatoms. The van der Waals surface area contributed by atoms with Crippen molar-refractivity contribution in [2.45, 2.75) is 0 Å². The Morgan fingerprint density at radius 2 is 0.842 bits per heavy atom. The quantitative estimate of drug-likeness (QED) is 0.167. The maximum atomic E-state index is 10.2. The zero-order valence-corrected chi connectivity index (χ0v) is 29.4. The fourth-order valence-electron chi connectivity index (χ4n) is 7.79. The molecule has 0 bridgehead atoms. The van der Waals surface area contributed by atoms with Gasteiger partial charge in [0.15, 0.2) is 0 Å². The first-order valence-corrected chi connectivity index (χ1v) is 17.9. The average Bonchev–Trinajstić information content (AvgIpc) is 4.11. The van der Waals surface area contributed by atoms with E-state index in [1.807, 2.05) is 36.4 Å². The van der Waals surface area contributed by atoms with E-state index in [9.17, 15) is 17.8 Å². The van der Waals surface area contributed by atoms with Gasteiger partial charge in [-0.2, -0.15) is 0 Å². The van der Waals surface area contributed by atoms with Gasteiger partial charge in [-0.15, -0.1) is 0 Å². The zero-order valence-electron chi connectivity index (χ0n) is 50.4. The monoisotopic (exact) mass is 746 g/mol. The maximum Gasteiger partial charge on any atom is 0.0652 e. The van der Waals surface area contributed by atoms with Gasteiger partial charge < -0.3 is 13.7 Å². The highest BCUT2D eigenvalue weighted by Crippen LogP contribution is 2.42.